The van der Waals surface area contributed by atoms with Crippen LogP contribution in [0.15, 0.2) is 29.2 Å². The molecule has 0 aromatic heterocycles. The highest BCUT2D eigenvalue weighted by molar-refractivity contribution is 9.09. The van der Waals surface area contributed by atoms with Crippen LogP contribution in [-0.4, -0.2) is 33.5 Å². The largest absolute Gasteiger partial charge is 0.383 e. The first kappa shape index (κ1) is 16.6. The molecule has 1 rings (SSSR count). The van der Waals surface area contributed by atoms with Crippen molar-refractivity contribution < 1.29 is 13.2 Å². The molecule has 19 heavy (non-hydrogen) atoms. The monoisotopic (exact) mass is 349 g/mol. The van der Waals surface area contributed by atoms with Crippen LogP contribution in [0, 0.1) is 0 Å². The summed E-state index contributed by atoms with van der Waals surface area (Å²) < 4.78 is 31.6. The van der Waals surface area contributed by atoms with Crippen molar-refractivity contribution in [3.8, 4) is 0 Å². The zero-order valence-corrected chi connectivity index (χ0v) is 13.6. The molecular formula is C13H20BrNO3S. The average molecular weight is 350 g/mol. The summed E-state index contributed by atoms with van der Waals surface area (Å²) in [5.74, 6) is 0. The van der Waals surface area contributed by atoms with Crippen LogP contribution >= 0.6 is 15.9 Å². The fourth-order valence-corrected chi connectivity index (χ4v) is 3.37. The van der Waals surface area contributed by atoms with Gasteiger partial charge in [-0.05, 0) is 24.1 Å². The third-order valence-electron chi connectivity index (χ3n) is 2.61. The maximum atomic E-state index is 12.0. The van der Waals surface area contributed by atoms with Crippen molar-refractivity contribution in [2.75, 3.05) is 20.3 Å². The van der Waals surface area contributed by atoms with Crippen molar-refractivity contribution in [2.24, 2.45) is 0 Å². The molecule has 1 atom stereocenters. The predicted octanol–water partition coefficient (Wildman–Crippen LogP) is 2.33. The van der Waals surface area contributed by atoms with E-state index < -0.39 is 10.0 Å². The minimum absolute atomic E-state index is 0.0355. The van der Waals surface area contributed by atoms with E-state index in [0.29, 0.717) is 18.0 Å². The van der Waals surface area contributed by atoms with Gasteiger partial charge in [0, 0.05) is 13.7 Å². The van der Waals surface area contributed by atoms with E-state index in [9.17, 15) is 8.42 Å². The molecule has 0 amide bonds. The topological polar surface area (TPSA) is 55.4 Å². The number of hydrogen-bond donors (Lipinski definition) is 1. The molecule has 1 aromatic carbocycles. The second-order valence-corrected chi connectivity index (χ2v) is 7.36. The second-order valence-electron chi connectivity index (χ2n) is 4.30. The van der Waals surface area contributed by atoms with Crippen molar-refractivity contribution in [1.82, 2.24) is 4.72 Å². The SMILES string of the molecule is CCCc1ccc(S(=O)(=O)NCC(Br)COC)cc1. The van der Waals surface area contributed by atoms with Crippen LogP contribution in [0.25, 0.3) is 0 Å². The summed E-state index contributed by atoms with van der Waals surface area (Å²) in [7, 11) is -1.86. The Balaban J connectivity index is 2.66. The van der Waals surface area contributed by atoms with E-state index >= 15 is 0 Å². The molecular weight excluding hydrogens is 330 g/mol. The van der Waals surface area contributed by atoms with Crippen LogP contribution in [0.2, 0.25) is 0 Å². The Labute approximate surface area is 123 Å². The summed E-state index contributed by atoms with van der Waals surface area (Å²) in [6, 6.07) is 7.01. The van der Waals surface area contributed by atoms with Gasteiger partial charge in [0.15, 0.2) is 0 Å². The first-order valence-corrected chi connectivity index (χ1v) is 8.61. The number of alkyl halides is 1. The van der Waals surface area contributed by atoms with E-state index in [2.05, 4.69) is 27.6 Å². The summed E-state index contributed by atoms with van der Waals surface area (Å²) in [5, 5.41) is 0. The van der Waals surface area contributed by atoms with E-state index in [-0.39, 0.29) is 4.83 Å². The molecule has 1 unspecified atom stereocenters. The molecule has 0 saturated heterocycles. The predicted molar refractivity (Wildman–Crippen MR) is 80.2 cm³/mol. The van der Waals surface area contributed by atoms with Crippen molar-refractivity contribution in [3.63, 3.8) is 0 Å². The van der Waals surface area contributed by atoms with Crippen molar-refractivity contribution in [3.05, 3.63) is 29.8 Å². The Morgan fingerprint density at radius 3 is 2.47 bits per heavy atom. The van der Waals surface area contributed by atoms with Gasteiger partial charge >= 0.3 is 0 Å². The molecule has 0 saturated carbocycles. The second kappa shape index (κ2) is 7.99. The molecule has 108 valence electrons. The van der Waals surface area contributed by atoms with Crippen molar-refractivity contribution in [2.45, 2.75) is 29.5 Å². The third kappa shape index (κ3) is 5.60. The normalized spacial score (nSPS) is 13.4. The van der Waals surface area contributed by atoms with Crippen LogP contribution in [-0.2, 0) is 21.2 Å². The quantitative estimate of drug-likeness (QED) is 0.732. The van der Waals surface area contributed by atoms with Gasteiger partial charge in [0.05, 0.1) is 16.3 Å². The highest BCUT2D eigenvalue weighted by Gasteiger charge is 2.15. The molecule has 0 bridgehead atoms. The van der Waals surface area contributed by atoms with Gasteiger partial charge < -0.3 is 4.74 Å². The minimum atomic E-state index is -3.44. The molecule has 0 fully saturated rings. The van der Waals surface area contributed by atoms with Crippen molar-refractivity contribution in [1.29, 1.82) is 0 Å². The zero-order valence-electron chi connectivity index (χ0n) is 11.2. The standard InChI is InChI=1S/C13H20BrNO3S/c1-3-4-11-5-7-13(8-6-11)19(16,17)15-9-12(14)10-18-2/h5-8,12,15H,3-4,9-10H2,1-2H3. The summed E-state index contributed by atoms with van der Waals surface area (Å²) in [4.78, 5) is 0.260. The lowest BCUT2D eigenvalue weighted by Gasteiger charge is -2.11. The number of ether oxygens (including phenoxy) is 1. The van der Waals surface area contributed by atoms with E-state index in [1.807, 2.05) is 12.1 Å². The number of aryl methyl sites for hydroxylation is 1. The van der Waals surface area contributed by atoms with E-state index in [1.54, 1.807) is 19.2 Å². The van der Waals surface area contributed by atoms with Gasteiger partial charge in [-0.3, -0.25) is 0 Å². The summed E-state index contributed by atoms with van der Waals surface area (Å²) in [6.45, 7) is 2.85. The Morgan fingerprint density at radius 1 is 1.32 bits per heavy atom. The Bertz CT molecular complexity index is 473. The molecule has 0 aliphatic heterocycles. The van der Waals surface area contributed by atoms with E-state index in [0.717, 1.165) is 18.4 Å². The van der Waals surface area contributed by atoms with Gasteiger partial charge in [0.25, 0.3) is 0 Å². The highest BCUT2D eigenvalue weighted by Crippen LogP contribution is 2.12. The molecule has 4 nitrogen and oxygen atoms in total. The fourth-order valence-electron chi connectivity index (χ4n) is 1.65. The number of nitrogens with one attached hydrogen (secondary N) is 1. The lowest BCUT2D eigenvalue weighted by molar-refractivity contribution is 0.201. The summed E-state index contributed by atoms with van der Waals surface area (Å²) >= 11 is 3.34. The molecule has 0 aliphatic rings. The maximum absolute atomic E-state index is 12.0. The molecule has 0 heterocycles. The lowest BCUT2D eigenvalue weighted by atomic mass is 10.1. The molecule has 1 aromatic rings. The number of benzene rings is 1. The van der Waals surface area contributed by atoms with Crippen LogP contribution < -0.4 is 4.72 Å². The van der Waals surface area contributed by atoms with Crippen LogP contribution in [0.1, 0.15) is 18.9 Å². The Hall–Kier alpha value is -0.430. The summed E-state index contributed by atoms with van der Waals surface area (Å²) in [6.07, 6.45) is 2.01. The molecule has 0 aliphatic carbocycles. The number of methoxy groups -OCH3 is 1. The van der Waals surface area contributed by atoms with Gasteiger partial charge in [-0.2, -0.15) is 0 Å². The zero-order chi connectivity index (χ0) is 14.3. The van der Waals surface area contributed by atoms with E-state index in [1.165, 1.54) is 0 Å². The Kier molecular flexibility index (Phi) is 6.99. The maximum Gasteiger partial charge on any atom is 0.240 e. The lowest BCUT2D eigenvalue weighted by Crippen LogP contribution is -2.31. The number of hydrogen-bond acceptors (Lipinski definition) is 3. The first-order chi connectivity index (χ1) is 8.99. The molecule has 0 radical (unpaired) electrons. The van der Waals surface area contributed by atoms with Gasteiger partial charge in [-0.1, -0.05) is 41.4 Å². The van der Waals surface area contributed by atoms with Gasteiger partial charge in [-0.25, -0.2) is 13.1 Å². The van der Waals surface area contributed by atoms with Crippen LogP contribution in [0.5, 0.6) is 0 Å². The molecule has 1 N–H and O–H groups in total. The van der Waals surface area contributed by atoms with Crippen molar-refractivity contribution >= 4 is 26.0 Å². The Morgan fingerprint density at radius 2 is 1.95 bits per heavy atom. The van der Waals surface area contributed by atoms with Crippen LogP contribution in [0.4, 0.5) is 0 Å². The highest BCUT2D eigenvalue weighted by atomic mass is 79.9. The molecule has 6 heteroatoms. The molecule has 0 spiro atoms. The number of sulfonamides is 1. The summed E-state index contributed by atoms with van der Waals surface area (Å²) in [5.41, 5.74) is 1.15. The average Bonchev–Trinajstić information content (AvgIpc) is 2.38. The van der Waals surface area contributed by atoms with Gasteiger partial charge in [0.1, 0.15) is 0 Å². The first-order valence-electron chi connectivity index (χ1n) is 6.21. The number of halogens is 1. The fraction of sp³-hybridized carbons (Fsp3) is 0.538. The van der Waals surface area contributed by atoms with Gasteiger partial charge in [-0.15, -0.1) is 0 Å². The van der Waals surface area contributed by atoms with E-state index in [4.69, 9.17) is 4.74 Å². The van der Waals surface area contributed by atoms with Gasteiger partial charge in [0.2, 0.25) is 10.0 Å². The van der Waals surface area contributed by atoms with Crippen LogP contribution in [0.3, 0.4) is 0 Å². The minimum Gasteiger partial charge on any atom is -0.383 e. The number of rotatable bonds is 8. The third-order valence-corrected chi connectivity index (χ3v) is 4.64. The smallest absolute Gasteiger partial charge is 0.240 e.